The molecule has 0 atom stereocenters. The van der Waals surface area contributed by atoms with E-state index in [0.29, 0.717) is 22.9 Å². The molecule has 8 heteroatoms. The Morgan fingerprint density at radius 3 is 1.97 bits per heavy atom. The highest BCUT2D eigenvalue weighted by atomic mass is 32.2. The highest BCUT2D eigenvalue weighted by molar-refractivity contribution is 7.92. The molecule has 0 fully saturated rings. The van der Waals surface area contributed by atoms with Gasteiger partial charge in [-0.25, -0.2) is 8.42 Å². The van der Waals surface area contributed by atoms with Gasteiger partial charge in [-0.3, -0.25) is 14.8 Å². The second-order valence-corrected chi connectivity index (χ2v) is 10.3. The largest absolute Gasteiger partial charge is 0.332 e. The first kappa shape index (κ1) is 24.4. The van der Waals surface area contributed by atoms with Crippen LogP contribution in [0.25, 0.3) is 0 Å². The van der Waals surface area contributed by atoms with Crippen molar-refractivity contribution in [3.05, 3.63) is 89.0 Å². The minimum atomic E-state index is -3.74. The number of aryl methyl sites for hydroxylation is 2. The van der Waals surface area contributed by atoms with Gasteiger partial charge < -0.3 is 5.32 Å². The molecule has 33 heavy (non-hydrogen) atoms. The van der Waals surface area contributed by atoms with E-state index in [1.807, 2.05) is 32.0 Å². The van der Waals surface area contributed by atoms with Gasteiger partial charge in [0.25, 0.3) is 15.9 Å². The van der Waals surface area contributed by atoms with Crippen LogP contribution in [0.5, 0.6) is 0 Å². The van der Waals surface area contributed by atoms with Gasteiger partial charge in [-0.05, 0) is 97.2 Å². The topological polar surface area (TPSA) is 87.3 Å². The molecule has 3 rings (SSSR count). The van der Waals surface area contributed by atoms with E-state index in [-0.39, 0.29) is 15.9 Å². The number of thiocarbonyl (C=S) groups is 1. The standard InChI is InChI=1S/C25H27N3O3S2/c1-16(2)19-5-7-20(8-6-19)24(29)27-25(32)26-21-9-11-23(12-10-21)33(30,31)28-22-14-17(3)13-18(4)15-22/h5-16,28H,1-4H3,(H2,26,27,29,32). The van der Waals surface area contributed by atoms with Gasteiger partial charge in [0.1, 0.15) is 0 Å². The van der Waals surface area contributed by atoms with E-state index < -0.39 is 10.0 Å². The van der Waals surface area contributed by atoms with Crippen molar-refractivity contribution in [3.8, 4) is 0 Å². The Balaban J connectivity index is 1.62. The molecule has 172 valence electrons. The number of carbonyl (C=O) groups is 1. The molecule has 0 aliphatic heterocycles. The summed E-state index contributed by atoms with van der Waals surface area (Å²) in [5.74, 6) is 0.0624. The monoisotopic (exact) mass is 481 g/mol. The summed E-state index contributed by atoms with van der Waals surface area (Å²) in [6, 6.07) is 19.0. The van der Waals surface area contributed by atoms with Crippen molar-refractivity contribution in [2.24, 2.45) is 0 Å². The molecule has 0 aliphatic rings. The lowest BCUT2D eigenvalue weighted by Gasteiger charge is -2.12. The van der Waals surface area contributed by atoms with Gasteiger partial charge in [0.15, 0.2) is 5.11 Å². The van der Waals surface area contributed by atoms with Crippen molar-refractivity contribution < 1.29 is 13.2 Å². The Hall–Kier alpha value is -3.23. The summed E-state index contributed by atoms with van der Waals surface area (Å²) in [6.45, 7) is 8.00. The number of sulfonamides is 1. The number of nitrogens with one attached hydrogen (secondary N) is 3. The van der Waals surface area contributed by atoms with Crippen molar-refractivity contribution in [2.75, 3.05) is 10.0 Å². The first-order chi connectivity index (χ1) is 15.5. The van der Waals surface area contributed by atoms with E-state index in [1.165, 1.54) is 12.1 Å². The minimum Gasteiger partial charge on any atom is -0.332 e. The molecule has 3 aromatic carbocycles. The average Bonchev–Trinajstić information content (AvgIpc) is 2.73. The summed E-state index contributed by atoms with van der Waals surface area (Å²) in [5, 5.41) is 5.65. The molecule has 0 aliphatic carbocycles. The summed E-state index contributed by atoms with van der Waals surface area (Å²) >= 11 is 5.22. The molecule has 6 nitrogen and oxygen atoms in total. The summed E-state index contributed by atoms with van der Waals surface area (Å²) in [6.07, 6.45) is 0. The molecule has 0 aromatic heterocycles. The molecule has 3 aromatic rings. The fourth-order valence-corrected chi connectivity index (χ4v) is 4.57. The Kier molecular flexibility index (Phi) is 7.50. The first-order valence-corrected chi connectivity index (χ1v) is 12.4. The molecule has 0 heterocycles. The quantitative estimate of drug-likeness (QED) is 0.413. The summed E-state index contributed by atoms with van der Waals surface area (Å²) in [5.41, 5.74) is 4.66. The highest BCUT2D eigenvalue weighted by Crippen LogP contribution is 2.20. The zero-order valence-corrected chi connectivity index (χ0v) is 20.6. The van der Waals surface area contributed by atoms with Crippen LogP contribution in [0.4, 0.5) is 11.4 Å². The number of amides is 1. The molecule has 0 bridgehead atoms. The van der Waals surface area contributed by atoms with Crippen LogP contribution in [0.15, 0.2) is 71.6 Å². The summed E-state index contributed by atoms with van der Waals surface area (Å²) < 4.78 is 28.0. The van der Waals surface area contributed by atoms with Gasteiger partial charge in [-0.15, -0.1) is 0 Å². The maximum atomic E-state index is 12.7. The number of anilines is 2. The lowest BCUT2D eigenvalue weighted by molar-refractivity contribution is 0.0977. The fraction of sp³-hybridized carbons (Fsp3) is 0.200. The molecule has 3 N–H and O–H groups in total. The van der Waals surface area contributed by atoms with Gasteiger partial charge in [0, 0.05) is 16.9 Å². The average molecular weight is 482 g/mol. The fourth-order valence-electron chi connectivity index (χ4n) is 3.32. The Morgan fingerprint density at radius 1 is 0.848 bits per heavy atom. The number of benzene rings is 3. The molecule has 0 saturated carbocycles. The van der Waals surface area contributed by atoms with Crippen LogP contribution in [-0.4, -0.2) is 19.4 Å². The van der Waals surface area contributed by atoms with E-state index >= 15 is 0 Å². The van der Waals surface area contributed by atoms with E-state index in [9.17, 15) is 13.2 Å². The molecular weight excluding hydrogens is 454 g/mol. The van der Waals surface area contributed by atoms with Crippen LogP contribution >= 0.6 is 12.2 Å². The molecule has 0 saturated heterocycles. The minimum absolute atomic E-state index is 0.118. The normalized spacial score (nSPS) is 11.2. The second kappa shape index (κ2) is 10.1. The predicted octanol–water partition coefficient (Wildman–Crippen LogP) is 5.35. The second-order valence-electron chi connectivity index (χ2n) is 8.19. The van der Waals surface area contributed by atoms with Crippen molar-refractivity contribution in [3.63, 3.8) is 0 Å². The van der Waals surface area contributed by atoms with E-state index in [2.05, 4.69) is 29.2 Å². The van der Waals surface area contributed by atoms with Gasteiger partial charge >= 0.3 is 0 Å². The Bertz CT molecular complexity index is 1250. The van der Waals surface area contributed by atoms with Crippen molar-refractivity contribution in [1.29, 1.82) is 0 Å². The number of hydrogen-bond acceptors (Lipinski definition) is 4. The van der Waals surface area contributed by atoms with Crippen LogP contribution in [-0.2, 0) is 10.0 Å². The van der Waals surface area contributed by atoms with E-state index in [0.717, 1.165) is 16.7 Å². The van der Waals surface area contributed by atoms with E-state index in [4.69, 9.17) is 12.2 Å². The Morgan fingerprint density at radius 2 is 1.42 bits per heavy atom. The van der Waals surface area contributed by atoms with Gasteiger partial charge in [0.05, 0.1) is 4.90 Å². The molecule has 1 amide bonds. The van der Waals surface area contributed by atoms with Crippen LogP contribution in [0.1, 0.15) is 46.8 Å². The third-order valence-corrected chi connectivity index (χ3v) is 6.56. The Labute approximate surface area is 200 Å². The zero-order chi connectivity index (χ0) is 24.2. The van der Waals surface area contributed by atoms with Crippen molar-refractivity contribution in [1.82, 2.24) is 5.32 Å². The van der Waals surface area contributed by atoms with Gasteiger partial charge in [-0.1, -0.05) is 32.0 Å². The smallest absolute Gasteiger partial charge is 0.261 e. The van der Waals surface area contributed by atoms with Crippen LogP contribution in [0, 0.1) is 13.8 Å². The van der Waals surface area contributed by atoms with Crippen molar-refractivity contribution in [2.45, 2.75) is 38.5 Å². The lowest BCUT2D eigenvalue weighted by Crippen LogP contribution is -2.34. The maximum absolute atomic E-state index is 12.7. The van der Waals surface area contributed by atoms with Gasteiger partial charge in [-0.2, -0.15) is 0 Å². The summed E-state index contributed by atoms with van der Waals surface area (Å²) in [7, 11) is -3.74. The number of carbonyl (C=O) groups excluding carboxylic acids is 1. The molecule has 0 radical (unpaired) electrons. The van der Waals surface area contributed by atoms with E-state index in [1.54, 1.807) is 36.4 Å². The molecule has 0 spiro atoms. The van der Waals surface area contributed by atoms with Crippen LogP contribution < -0.4 is 15.4 Å². The number of rotatable bonds is 6. The van der Waals surface area contributed by atoms with Gasteiger partial charge in [0.2, 0.25) is 0 Å². The number of hydrogen-bond donors (Lipinski definition) is 3. The van der Waals surface area contributed by atoms with Crippen LogP contribution in [0.2, 0.25) is 0 Å². The maximum Gasteiger partial charge on any atom is 0.261 e. The predicted molar refractivity (Wildman–Crippen MR) is 137 cm³/mol. The zero-order valence-electron chi connectivity index (χ0n) is 19.0. The molecule has 0 unspecified atom stereocenters. The SMILES string of the molecule is Cc1cc(C)cc(NS(=O)(=O)c2ccc(NC(=S)NC(=O)c3ccc(C(C)C)cc3)cc2)c1. The first-order valence-electron chi connectivity index (χ1n) is 10.5. The van der Waals surface area contributed by atoms with Crippen LogP contribution in [0.3, 0.4) is 0 Å². The lowest BCUT2D eigenvalue weighted by atomic mass is 10.0. The third-order valence-electron chi connectivity index (χ3n) is 4.96. The van der Waals surface area contributed by atoms with Crippen molar-refractivity contribution >= 4 is 44.6 Å². The molecular formula is C25H27N3O3S2. The summed E-state index contributed by atoms with van der Waals surface area (Å²) in [4.78, 5) is 12.5. The third kappa shape index (κ3) is 6.63. The highest BCUT2D eigenvalue weighted by Gasteiger charge is 2.15.